The molecule has 2 aliphatic rings. The van der Waals surface area contributed by atoms with Crippen LogP contribution in [0.2, 0.25) is 0 Å². The molecule has 0 bridgehead atoms. The Balaban J connectivity index is 1.42. The maximum absolute atomic E-state index is 5.64. The summed E-state index contributed by atoms with van der Waals surface area (Å²) in [7, 11) is 5.51. The molecule has 0 N–H and O–H groups in total. The van der Waals surface area contributed by atoms with Gasteiger partial charge in [-0.15, -0.1) is 0 Å². The van der Waals surface area contributed by atoms with Crippen molar-refractivity contribution < 1.29 is 9.47 Å². The van der Waals surface area contributed by atoms with Gasteiger partial charge in [-0.3, -0.25) is 9.80 Å². The predicted molar refractivity (Wildman–Crippen MR) is 110 cm³/mol. The molecule has 1 unspecified atom stereocenters. The van der Waals surface area contributed by atoms with Crippen LogP contribution in [0.5, 0.6) is 11.5 Å². The van der Waals surface area contributed by atoms with Crippen LogP contribution >= 0.6 is 0 Å². The molecule has 2 fully saturated rings. The van der Waals surface area contributed by atoms with Crippen LogP contribution in [-0.4, -0.2) is 59.7 Å². The Kier molecular flexibility index (Phi) is 5.60. The first kappa shape index (κ1) is 19.3. The fourth-order valence-corrected chi connectivity index (χ4v) is 5.01. The molecule has 1 spiro atoms. The summed E-state index contributed by atoms with van der Waals surface area (Å²) in [4.78, 5) is 9.69. The summed E-state index contributed by atoms with van der Waals surface area (Å²) in [5, 5.41) is 0. The van der Waals surface area contributed by atoms with Crippen LogP contribution in [0, 0.1) is 5.41 Å². The molecule has 0 radical (unpaired) electrons. The quantitative estimate of drug-likeness (QED) is 0.766. The number of benzene rings is 1. The van der Waals surface area contributed by atoms with E-state index in [9.17, 15) is 0 Å². The smallest absolute Gasteiger partial charge is 0.165 e. The summed E-state index contributed by atoms with van der Waals surface area (Å²) >= 11 is 0. The summed E-state index contributed by atoms with van der Waals surface area (Å²) in [5.74, 6) is 2.84. The number of aryl methyl sites for hydroxylation is 1. The first-order chi connectivity index (χ1) is 13.6. The third-order valence-electron chi connectivity index (χ3n) is 6.42. The summed E-state index contributed by atoms with van der Waals surface area (Å²) in [6, 6.07) is 6.18. The van der Waals surface area contributed by atoms with E-state index in [0.29, 0.717) is 5.41 Å². The molecule has 6 nitrogen and oxygen atoms in total. The number of hydrogen-bond donors (Lipinski definition) is 0. The number of imidazole rings is 1. The van der Waals surface area contributed by atoms with Crippen LogP contribution in [0.25, 0.3) is 0 Å². The number of aromatic nitrogens is 2. The Hall–Kier alpha value is -2.05. The van der Waals surface area contributed by atoms with Crippen molar-refractivity contribution in [2.24, 2.45) is 12.5 Å². The van der Waals surface area contributed by atoms with Crippen molar-refractivity contribution >= 4 is 0 Å². The second-order valence-electron chi connectivity index (χ2n) is 8.38. The van der Waals surface area contributed by atoms with Crippen molar-refractivity contribution in [3.8, 4) is 11.5 Å². The van der Waals surface area contributed by atoms with E-state index in [2.05, 4.69) is 38.5 Å². The first-order valence-corrected chi connectivity index (χ1v) is 10.2. The zero-order valence-corrected chi connectivity index (χ0v) is 17.4. The standard InChI is InChI=1S/C22H32N4O2/c1-24-13-10-23-20(24)15-26-12-9-22(17-26)8-5-11-25(16-22)14-18-6-4-7-19(27-2)21(18)28-3/h4,6-7,10,13H,5,8-9,11-12,14-17H2,1-3H3. The maximum Gasteiger partial charge on any atom is 0.165 e. The Morgan fingerprint density at radius 2 is 1.86 bits per heavy atom. The predicted octanol–water partition coefficient (Wildman–Crippen LogP) is 2.93. The lowest BCUT2D eigenvalue weighted by atomic mass is 9.79. The molecular formula is C22H32N4O2. The van der Waals surface area contributed by atoms with Gasteiger partial charge in [-0.25, -0.2) is 4.98 Å². The van der Waals surface area contributed by atoms with Gasteiger partial charge in [0.1, 0.15) is 5.82 Å². The van der Waals surface area contributed by atoms with Crippen molar-refractivity contribution in [3.05, 3.63) is 42.0 Å². The molecule has 1 aromatic carbocycles. The fraction of sp³-hybridized carbons (Fsp3) is 0.591. The summed E-state index contributed by atoms with van der Waals surface area (Å²) in [6.07, 6.45) is 7.80. The minimum Gasteiger partial charge on any atom is -0.493 e. The molecule has 152 valence electrons. The lowest BCUT2D eigenvalue weighted by Gasteiger charge is -2.40. The molecule has 0 saturated carbocycles. The Bertz CT molecular complexity index is 806. The number of rotatable bonds is 6. The highest BCUT2D eigenvalue weighted by Crippen LogP contribution is 2.40. The number of ether oxygens (including phenoxy) is 2. The van der Waals surface area contributed by atoms with Crippen LogP contribution in [0.1, 0.15) is 30.7 Å². The fourth-order valence-electron chi connectivity index (χ4n) is 5.01. The van der Waals surface area contributed by atoms with Gasteiger partial charge in [-0.2, -0.15) is 0 Å². The van der Waals surface area contributed by atoms with Crippen LogP contribution in [0.4, 0.5) is 0 Å². The molecule has 6 heteroatoms. The third-order valence-corrected chi connectivity index (χ3v) is 6.42. The largest absolute Gasteiger partial charge is 0.493 e. The van der Waals surface area contributed by atoms with Gasteiger partial charge in [0.25, 0.3) is 0 Å². The van der Waals surface area contributed by atoms with Crippen molar-refractivity contribution in [3.63, 3.8) is 0 Å². The maximum atomic E-state index is 5.64. The first-order valence-electron chi connectivity index (χ1n) is 10.2. The van der Waals surface area contributed by atoms with Crippen LogP contribution in [0.3, 0.4) is 0 Å². The lowest BCUT2D eigenvalue weighted by Crippen LogP contribution is -2.44. The Morgan fingerprint density at radius 1 is 1.04 bits per heavy atom. The summed E-state index contributed by atoms with van der Waals surface area (Å²) < 4.78 is 13.3. The van der Waals surface area contributed by atoms with Gasteiger partial charge in [0.15, 0.2) is 11.5 Å². The minimum absolute atomic E-state index is 0.412. The molecule has 28 heavy (non-hydrogen) atoms. The molecule has 2 saturated heterocycles. The number of methoxy groups -OCH3 is 2. The zero-order chi connectivity index (χ0) is 19.6. The van der Waals surface area contributed by atoms with E-state index in [1.54, 1.807) is 14.2 Å². The van der Waals surface area contributed by atoms with Gasteiger partial charge in [-0.05, 0) is 43.8 Å². The highest BCUT2D eigenvalue weighted by Gasteiger charge is 2.41. The number of hydrogen-bond acceptors (Lipinski definition) is 5. The van der Waals surface area contributed by atoms with Crippen molar-refractivity contribution in [2.75, 3.05) is 40.4 Å². The highest BCUT2D eigenvalue weighted by atomic mass is 16.5. The SMILES string of the molecule is COc1cccc(CN2CCCC3(CCN(Cc4nccn4C)C3)C2)c1OC. The molecule has 0 amide bonds. The number of nitrogens with zero attached hydrogens (tertiary/aromatic N) is 4. The van der Waals surface area contributed by atoms with E-state index in [1.807, 2.05) is 18.5 Å². The normalized spacial score (nSPS) is 23.4. The number of piperidine rings is 1. The molecule has 2 aliphatic heterocycles. The van der Waals surface area contributed by atoms with E-state index in [1.165, 1.54) is 37.9 Å². The molecule has 4 rings (SSSR count). The minimum atomic E-state index is 0.412. The van der Waals surface area contributed by atoms with E-state index >= 15 is 0 Å². The van der Waals surface area contributed by atoms with Gasteiger partial charge in [0, 0.05) is 44.6 Å². The zero-order valence-electron chi connectivity index (χ0n) is 17.4. The van der Waals surface area contributed by atoms with E-state index in [0.717, 1.165) is 43.5 Å². The topological polar surface area (TPSA) is 42.8 Å². The molecule has 3 heterocycles. The number of para-hydroxylation sites is 1. The van der Waals surface area contributed by atoms with Gasteiger partial charge >= 0.3 is 0 Å². The Morgan fingerprint density at radius 3 is 2.57 bits per heavy atom. The van der Waals surface area contributed by atoms with Crippen molar-refractivity contribution in [2.45, 2.75) is 32.4 Å². The highest BCUT2D eigenvalue weighted by molar-refractivity contribution is 5.46. The second-order valence-corrected chi connectivity index (χ2v) is 8.38. The van der Waals surface area contributed by atoms with Gasteiger partial charge in [0.05, 0.1) is 20.8 Å². The van der Waals surface area contributed by atoms with Gasteiger partial charge in [-0.1, -0.05) is 12.1 Å². The average Bonchev–Trinajstić information content (AvgIpc) is 3.28. The Labute approximate surface area is 168 Å². The summed E-state index contributed by atoms with van der Waals surface area (Å²) in [5.41, 5.74) is 1.62. The van der Waals surface area contributed by atoms with Crippen molar-refractivity contribution in [1.29, 1.82) is 0 Å². The number of likely N-dealkylation sites (tertiary alicyclic amines) is 2. The molecule has 2 aromatic rings. The monoisotopic (exact) mass is 384 g/mol. The average molecular weight is 385 g/mol. The summed E-state index contributed by atoms with van der Waals surface area (Å²) in [6.45, 7) is 6.52. The molecule has 1 atom stereocenters. The van der Waals surface area contributed by atoms with Gasteiger partial charge < -0.3 is 14.0 Å². The molecular weight excluding hydrogens is 352 g/mol. The van der Waals surface area contributed by atoms with E-state index in [-0.39, 0.29) is 0 Å². The van der Waals surface area contributed by atoms with Gasteiger partial charge in [0.2, 0.25) is 0 Å². The lowest BCUT2D eigenvalue weighted by molar-refractivity contribution is 0.0855. The van der Waals surface area contributed by atoms with Crippen LogP contribution < -0.4 is 9.47 Å². The van der Waals surface area contributed by atoms with E-state index < -0.39 is 0 Å². The van der Waals surface area contributed by atoms with Crippen molar-refractivity contribution in [1.82, 2.24) is 19.4 Å². The third kappa shape index (κ3) is 3.89. The van der Waals surface area contributed by atoms with Crippen LogP contribution in [-0.2, 0) is 20.1 Å². The van der Waals surface area contributed by atoms with E-state index in [4.69, 9.17) is 9.47 Å². The van der Waals surface area contributed by atoms with Crippen LogP contribution in [0.15, 0.2) is 30.6 Å². The molecule has 1 aromatic heterocycles. The second kappa shape index (κ2) is 8.13. The molecule has 0 aliphatic carbocycles.